The number of aryl methyl sites for hydroxylation is 1. The van der Waals surface area contributed by atoms with E-state index in [1.165, 1.54) is 17.4 Å². The molecule has 0 aliphatic heterocycles. The maximum absolute atomic E-state index is 4.02. The van der Waals surface area contributed by atoms with Gasteiger partial charge in [0.15, 0.2) is 0 Å². The molecule has 18 heavy (non-hydrogen) atoms. The Kier molecular flexibility index (Phi) is 26.8. The summed E-state index contributed by atoms with van der Waals surface area (Å²) in [6.45, 7) is 14.5. The largest absolute Gasteiger partial charge is 2.00 e. The van der Waals surface area contributed by atoms with E-state index in [4.69, 9.17) is 0 Å². The molecule has 4 radical (unpaired) electrons. The molecule has 0 aliphatic rings. The van der Waals surface area contributed by atoms with Gasteiger partial charge in [-0.3, -0.25) is 0 Å². The van der Waals surface area contributed by atoms with Gasteiger partial charge in [0.1, 0.15) is 0 Å². The van der Waals surface area contributed by atoms with E-state index in [0.717, 1.165) is 4.59 Å². The van der Waals surface area contributed by atoms with Crippen molar-refractivity contribution in [3.8, 4) is 0 Å². The molecule has 0 aliphatic carbocycles. The van der Waals surface area contributed by atoms with E-state index in [1.54, 1.807) is 6.20 Å². The number of rotatable bonds is 0. The Balaban J connectivity index is -0.0000000860. The standard InChI is InChI=1S/C6H7NSe.2C4H9.ClH.Sn/c1-5-3-2-4-7-6(5)8;2*1-4(2)3;;/h2-4H,1H3,(H,7,8);2*1-3H3;1H;/q;;;;+2/p-2. The summed E-state index contributed by atoms with van der Waals surface area (Å²) in [7, 11) is 0. The van der Waals surface area contributed by atoms with Crippen LogP contribution in [0.4, 0.5) is 0 Å². The molecule has 1 rings (SSSR count). The summed E-state index contributed by atoms with van der Waals surface area (Å²) < 4.78 is 0.993. The maximum atomic E-state index is 4.02. The molecule has 0 N–H and O–H groups in total. The van der Waals surface area contributed by atoms with Crippen LogP contribution in [0.5, 0.6) is 0 Å². The number of nitrogens with zero attached hydrogens (tertiary/aromatic N) is 1. The molecule has 1 aromatic heterocycles. The van der Waals surface area contributed by atoms with Gasteiger partial charge in [0.25, 0.3) is 0 Å². The minimum absolute atomic E-state index is 0. The summed E-state index contributed by atoms with van der Waals surface area (Å²) in [6, 6.07) is 3.95. The average Bonchev–Trinajstić information content (AvgIpc) is 2.08. The van der Waals surface area contributed by atoms with Gasteiger partial charge < -0.3 is 12.4 Å². The van der Waals surface area contributed by atoms with Gasteiger partial charge in [-0.15, -0.1) is 0 Å². The minimum atomic E-state index is 0. The second-order valence-corrected chi connectivity index (χ2v) is 5.44. The van der Waals surface area contributed by atoms with E-state index in [2.05, 4.69) is 62.5 Å². The predicted octanol–water partition coefficient (Wildman–Crippen LogP) is 0.0482. The Morgan fingerprint density at radius 3 is 1.50 bits per heavy atom. The number of hydrogen-bond donors (Lipinski definition) is 0. The Morgan fingerprint density at radius 1 is 1.00 bits per heavy atom. The molecule has 0 bridgehead atoms. The van der Waals surface area contributed by atoms with E-state index < -0.39 is 0 Å². The SMILES string of the molecule is C[C](C)C.C[C](C)C.Cc1cccnc1[Se-].[Cl-].[Sn+2]. The van der Waals surface area contributed by atoms with Crippen molar-refractivity contribution in [2.24, 2.45) is 0 Å². The van der Waals surface area contributed by atoms with Crippen molar-refractivity contribution in [2.75, 3.05) is 0 Å². The van der Waals surface area contributed by atoms with Crippen LogP contribution in [-0.2, 0) is 0 Å². The fourth-order valence-electron chi connectivity index (χ4n) is 0.471. The van der Waals surface area contributed by atoms with Gasteiger partial charge in [0.2, 0.25) is 0 Å². The number of hydrogen-bond acceptors (Lipinski definition) is 1. The van der Waals surface area contributed by atoms with E-state index in [1.807, 2.05) is 19.1 Å². The Bertz CT molecular complexity index is 235. The van der Waals surface area contributed by atoms with Gasteiger partial charge >= 0.3 is 80.3 Å². The molecule has 0 unspecified atom stereocenters. The van der Waals surface area contributed by atoms with Crippen LogP contribution < -0.4 is 17.0 Å². The first kappa shape index (κ1) is 27.2. The molecule has 102 valence electrons. The van der Waals surface area contributed by atoms with Crippen LogP contribution in [-0.4, -0.2) is 44.9 Å². The molecule has 1 nitrogen and oxygen atoms in total. The molecular formula is C14H24ClNSeSn. The van der Waals surface area contributed by atoms with Gasteiger partial charge in [-0.25, -0.2) is 0 Å². The zero-order valence-electron chi connectivity index (χ0n) is 12.5. The molecule has 1 heterocycles. The van der Waals surface area contributed by atoms with Crippen LogP contribution in [0.1, 0.15) is 47.1 Å². The van der Waals surface area contributed by atoms with Gasteiger partial charge in [-0.1, -0.05) is 41.5 Å². The summed E-state index contributed by atoms with van der Waals surface area (Å²) >= 11 is 2.86. The first-order chi connectivity index (χ1) is 7.27. The van der Waals surface area contributed by atoms with Crippen LogP contribution in [0.25, 0.3) is 0 Å². The first-order valence-electron chi connectivity index (χ1n) is 5.39. The topological polar surface area (TPSA) is 12.9 Å². The first-order valence-corrected chi connectivity index (χ1v) is 6.25. The molecule has 0 atom stereocenters. The van der Waals surface area contributed by atoms with Crippen LogP contribution >= 0.6 is 0 Å². The normalized spacial score (nSPS) is 8.06. The van der Waals surface area contributed by atoms with Crippen molar-refractivity contribution in [1.82, 2.24) is 4.98 Å². The fraction of sp³-hybridized carbons (Fsp3) is 0.500. The van der Waals surface area contributed by atoms with Crippen molar-refractivity contribution < 1.29 is 12.4 Å². The third kappa shape index (κ3) is 30.1. The Morgan fingerprint density at radius 2 is 1.33 bits per heavy atom. The minimum Gasteiger partial charge on any atom is -1.00 e. The molecule has 0 fully saturated rings. The molecule has 0 saturated carbocycles. The molecule has 0 amide bonds. The van der Waals surface area contributed by atoms with Crippen molar-refractivity contribution in [2.45, 2.75) is 48.5 Å². The van der Waals surface area contributed by atoms with Crippen LogP contribution in [0.2, 0.25) is 0 Å². The quantitative estimate of drug-likeness (QED) is 0.521. The Labute approximate surface area is 145 Å². The summed E-state index contributed by atoms with van der Waals surface area (Å²) in [5, 5.41) is 0. The van der Waals surface area contributed by atoms with Crippen molar-refractivity contribution >= 4 is 44.5 Å². The maximum Gasteiger partial charge on any atom is 2.00 e. The molecule has 4 heteroatoms. The third-order valence-electron chi connectivity index (χ3n) is 0.961. The second kappa shape index (κ2) is 17.8. The summed E-state index contributed by atoms with van der Waals surface area (Å²) in [6.07, 6.45) is 1.78. The van der Waals surface area contributed by atoms with Crippen molar-refractivity contribution in [3.05, 3.63) is 35.7 Å². The third-order valence-corrected chi connectivity index (χ3v) is 1.86. The Hall–Kier alpha value is 0.758. The number of pyridine rings is 1. The molecule has 0 saturated heterocycles. The predicted molar refractivity (Wildman–Crippen MR) is 80.6 cm³/mol. The van der Waals surface area contributed by atoms with Crippen molar-refractivity contribution in [1.29, 1.82) is 0 Å². The van der Waals surface area contributed by atoms with Crippen LogP contribution in [0, 0.1) is 18.8 Å². The van der Waals surface area contributed by atoms with E-state index in [-0.39, 0.29) is 36.3 Å². The van der Waals surface area contributed by atoms with Gasteiger partial charge in [0.05, 0.1) is 0 Å². The van der Waals surface area contributed by atoms with Gasteiger partial charge in [-0.2, -0.15) is 0 Å². The van der Waals surface area contributed by atoms with E-state index >= 15 is 0 Å². The van der Waals surface area contributed by atoms with Crippen LogP contribution in [0.15, 0.2) is 18.3 Å². The zero-order valence-corrected chi connectivity index (χ0v) is 17.8. The van der Waals surface area contributed by atoms with E-state index in [0.29, 0.717) is 0 Å². The number of halogens is 1. The van der Waals surface area contributed by atoms with Gasteiger partial charge in [0, 0.05) is 0 Å². The summed E-state index contributed by atoms with van der Waals surface area (Å²) in [5.74, 6) is 2.83. The molecule has 0 spiro atoms. The van der Waals surface area contributed by atoms with Crippen molar-refractivity contribution in [3.63, 3.8) is 0 Å². The molecule has 1 aromatic rings. The molecule has 0 aromatic carbocycles. The van der Waals surface area contributed by atoms with E-state index in [9.17, 15) is 0 Å². The monoisotopic (exact) mass is 441 g/mol. The fourth-order valence-corrected chi connectivity index (χ4v) is 0.742. The second-order valence-electron chi connectivity index (χ2n) is 4.63. The molecular weight excluding hydrogens is 415 g/mol. The average molecular weight is 439 g/mol. The smallest absolute Gasteiger partial charge is 1.00 e. The van der Waals surface area contributed by atoms with Gasteiger partial charge in [-0.05, 0) is 11.8 Å². The summed E-state index contributed by atoms with van der Waals surface area (Å²) in [4.78, 5) is 4.02. The number of aromatic nitrogens is 1. The van der Waals surface area contributed by atoms with Crippen LogP contribution in [0.3, 0.4) is 0 Å². The zero-order chi connectivity index (χ0) is 13.1. The summed E-state index contributed by atoms with van der Waals surface area (Å²) in [5.41, 5.74) is 1.20.